The number of nitrogens with one attached hydrogen (secondary N) is 2. The Hall–Kier alpha value is -3.71. The highest BCUT2D eigenvalue weighted by Crippen LogP contribution is 2.23. The van der Waals surface area contributed by atoms with Crippen molar-refractivity contribution in [3.63, 3.8) is 0 Å². The van der Waals surface area contributed by atoms with E-state index < -0.39 is 0 Å². The summed E-state index contributed by atoms with van der Waals surface area (Å²) < 4.78 is 5.41. The maximum absolute atomic E-state index is 11.7. The van der Waals surface area contributed by atoms with Crippen molar-refractivity contribution in [3.05, 3.63) is 72.9 Å². The molecule has 1 aromatic heterocycles. The SMILES string of the molecule is CC=CC(=O)Nc1ccc(-c2ccnc(Nc3ccc(N4CCOCC4)cc3)n2)cc1. The van der Waals surface area contributed by atoms with Gasteiger partial charge in [0.1, 0.15) is 0 Å². The van der Waals surface area contributed by atoms with Crippen LogP contribution >= 0.6 is 0 Å². The molecule has 0 bridgehead atoms. The van der Waals surface area contributed by atoms with Gasteiger partial charge in [-0.3, -0.25) is 4.79 Å². The number of nitrogens with zero attached hydrogens (tertiary/aromatic N) is 3. The molecule has 0 atom stereocenters. The van der Waals surface area contributed by atoms with Crippen LogP contribution in [-0.2, 0) is 9.53 Å². The summed E-state index contributed by atoms with van der Waals surface area (Å²) in [6.07, 6.45) is 4.92. The van der Waals surface area contributed by atoms with E-state index in [1.54, 1.807) is 12.3 Å². The van der Waals surface area contributed by atoms with Crippen molar-refractivity contribution < 1.29 is 9.53 Å². The van der Waals surface area contributed by atoms with Crippen molar-refractivity contribution in [2.75, 3.05) is 41.8 Å². The van der Waals surface area contributed by atoms with Crippen LogP contribution in [0.2, 0.25) is 0 Å². The van der Waals surface area contributed by atoms with Crippen LogP contribution in [0.4, 0.5) is 23.0 Å². The fraction of sp³-hybridized carbons (Fsp3) is 0.208. The van der Waals surface area contributed by atoms with E-state index in [1.165, 1.54) is 11.8 Å². The molecule has 1 saturated heterocycles. The van der Waals surface area contributed by atoms with E-state index in [0.717, 1.165) is 48.9 Å². The second kappa shape index (κ2) is 9.86. The number of carbonyl (C=O) groups is 1. The minimum atomic E-state index is -0.150. The Morgan fingerprint density at radius 1 is 1.00 bits per heavy atom. The van der Waals surface area contributed by atoms with Gasteiger partial charge >= 0.3 is 0 Å². The Balaban J connectivity index is 1.43. The maximum atomic E-state index is 11.7. The third-order valence-corrected chi connectivity index (χ3v) is 4.92. The standard InChI is InChI=1S/C24H25N5O2/c1-2-3-23(30)26-19-6-4-18(5-7-19)22-12-13-25-24(28-22)27-20-8-10-21(11-9-20)29-14-16-31-17-15-29/h2-13H,14-17H2,1H3,(H,26,30)(H,25,27,28). The van der Waals surface area contributed by atoms with Gasteiger partial charge in [0.2, 0.25) is 11.9 Å². The lowest BCUT2D eigenvalue weighted by molar-refractivity contribution is -0.111. The summed E-state index contributed by atoms with van der Waals surface area (Å²) in [7, 11) is 0. The third-order valence-electron chi connectivity index (χ3n) is 4.92. The van der Waals surface area contributed by atoms with Gasteiger partial charge in [-0.05, 0) is 55.5 Å². The highest BCUT2D eigenvalue weighted by atomic mass is 16.5. The average molecular weight is 415 g/mol. The van der Waals surface area contributed by atoms with Crippen molar-refractivity contribution in [1.82, 2.24) is 9.97 Å². The highest BCUT2D eigenvalue weighted by molar-refractivity contribution is 5.99. The topological polar surface area (TPSA) is 79.4 Å². The Morgan fingerprint density at radius 3 is 2.42 bits per heavy atom. The molecule has 7 nitrogen and oxygen atoms in total. The molecule has 1 aliphatic heterocycles. The first-order valence-electron chi connectivity index (χ1n) is 10.3. The molecule has 0 radical (unpaired) electrons. The van der Waals surface area contributed by atoms with Gasteiger partial charge in [-0.1, -0.05) is 18.2 Å². The van der Waals surface area contributed by atoms with Gasteiger partial charge in [0.15, 0.2) is 0 Å². The number of carbonyl (C=O) groups excluding carboxylic acids is 1. The number of allylic oxidation sites excluding steroid dienone is 1. The highest BCUT2D eigenvalue weighted by Gasteiger charge is 2.11. The summed E-state index contributed by atoms with van der Waals surface area (Å²) >= 11 is 0. The molecule has 1 aliphatic rings. The Bertz CT molecular complexity index is 1040. The summed E-state index contributed by atoms with van der Waals surface area (Å²) in [5, 5.41) is 6.08. The van der Waals surface area contributed by atoms with E-state index in [0.29, 0.717) is 5.95 Å². The van der Waals surface area contributed by atoms with Crippen LogP contribution in [0.3, 0.4) is 0 Å². The molecule has 2 N–H and O–H groups in total. The number of hydrogen-bond donors (Lipinski definition) is 2. The van der Waals surface area contributed by atoms with E-state index in [1.807, 2.05) is 49.4 Å². The van der Waals surface area contributed by atoms with Gasteiger partial charge < -0.3 is 20.3 Å². The van der Waals surface area contributed by atoms with Crippen LogP contribution in [0.25, 0.3) is 11.3 Å². The summed E-state index contributed by atoms with van der Waals surface area (Å²) in [5.74, 6) is 0.380. The number of aromatic nitrogens is 2. The number of anilines is 4. The van der Waals surface area contributed by atoms with Gasteiger partial charge in [-0.2, -0.15) is 0 Å². The van der Waals surface area contributed by atoms with Crippen molar-refractivity contribution >= 4 is 28.9 Å². The van der Waals surface area contributed by atoms with Gasteiger partial charge in [0.25, 0.3) is 0 Å². The van der Waals surface area contributed by atoms with E-state index in [9.17, 15) is 4.79 Å². The number of amides is 1. The number of hydrogen-bond acceptors (Lipinski definition) is 6. The molecule has 0 spiro atoms. The Kier molecular flexibility index (Phi) is 6.54. The van der Waals surface area contributed by atoms with Crippen LogP contribution in [0, 0.1) is 0 Å². The lowest BCUT2D eigenvalue weighted by Gasteiger charge is -2.28. The van der Waals surface area contributed by atoms with Gasteiger partial charge in [0, 0.05) is 41.9 Å². The van der Waals surface area contributed by atoms with Crippen LogP contribution in [-0.4, -0.2) is 42.2 Å². The molecule has 1 amide bonds. The average Bonchev–Trinajstić information content (AvgIpc) is 2.81. The molecule has 0 saturated carbocycles. The second-order valence-electron chi connectivity index (χ2n) is 7.10. The van der Waals surface area contributed by atoms with E-state index >= 15 is 0 Å². The molecular formula is C24H25N5O2. The van der Waals surface area contributed by atoms with Crippen molar-refractivity contribution in [1.29, 1.82) is 0 Å². The zero-order chi connectivity index (χ0) is 21.5. The first kappa shape index (κ1) is 20.6. The molecule has 7 heteroatoms. The quantitative estimate of drug-likeness (QED) is 0.587. The van der Waals surface area contributed by atoms with Crippen LogP contribution < -0.4 is 15.5 Å². The molecule has 0 aliphatic carbocycles. The fourth-order valence-corrected chi connectivity index (χ4v) is 3.35. The van der Waals surface area contributed by atoms with Crippen LogP contribution in [0.1, 0.15) is 6.92 Å². The number of rotatable bonds is 6. The van der Waals surface area contributed by atoms with Gasteiger partial charge in [-0.25, -0.2) is 9.97 Å². The molecule has 4 rings (SSSR count). The Labute approximate surface area is 181 Å². The summed E-state index contributed by atoms with van der Waals surface area (Å²) in [6, 6.07) is 17.7. The normalized spacial score (nSPS) is 13.9. The number of ether oxygens (including phenoxy) is 1. The predicted octanol–water partition coefficient (Wildman–Crippen LogP) is 4.24. The summed E-state index contributed by atoms with van der Waals surface area (Å²) in [4.78, 5) is 22.9. The smallest absolute Gasteiger partial charge is 0.248 e. The van der Waals surface area contributed by atoms with Crippen molar-refractivity contribution in [3.8, 4) is 11.3 Å². The molecule has 158 valence electrons. The predicted molar refractivity (Wildman–Crippen MR) is 124 cm³/mol. The van der Waals surface area contributed by atoms with Crippen molar-refractivity contribution in [2.24, 2.45) is 0 Å². The molecule has 0 unspecified atom stereocenters. The monoisotopic (exact) mass is 415 g/mol. The van der Waals surface area contributed by atoms with Crippen molar-refractivity contribution in [2.45, 2.75) is 6.92 Å². The number of morpholine rings is 1. The van der Waals surface area contributed by atoms with Gasteiger partial charge in [0.05, 0.1) is 18.9 Å². The molecule has 3 aromatic rings. The van der Waals surface area contributed by atoms with E-state index in [-0.39, 0.29) is 5.91 Å². The maximum Gasteiger partial charge on any atom is 0.248 e. The first-order chi connectivity index (χ1) is 15.2. The Morgan fingerprint density at radius 2 is 1.71 bits per heavy atom. The summed E-state index contributed by atoms with van der Waals surface area (Å²) in [6.45, 7) is 5.17. The molecular weight excluding hydrogens is 390 g/mol. The van der Waals surface area contributed by atoms with Gasteiger partial charge in [-0.15, -0.1) is 0 Å². The first-order valence-corrected chi connectivity index (χ1v) is 10.3. The molecule has 2 heterocycles. The minimum Gasteiger partial charge on any atom is -0.378 e. The number of benzene rings is 2. The zero-order valence-electron chi connectivity index (χ0n) is 17.4. The zero-order valence-corrected chi connectivity index (χ0v) is 17.4. The van der Waals surface area contributed by atoms with E-state index in [2.05, 4.69) is 37.6 Å². The van der Waals surface area contributed by atoms with Crippen LogP contribution in [0.5, 0.6) is 0 Å². The van der Waals surface area contributed by atoms with E-state index in [4.69, 9.17) is 4.74 Å². The second-order valence-corrected chi connectivity index (χ2v) is 7.10. The lowest BCUT2D eigenvalue weighted by atomic mass is 10.1. The van der Waals surface area contributed by atoms with Crippen LogP contribution in [0.15, 0.2) is 72.9 Å². The molecule has 1 fully saturated rings. The fourth-order valence-electron chi connectivity index (χ4n) is 3.35. The summed E-state index contributed by atoms with van der Waals surface area (Å²) in [5.41, 5.74) is 4.59. The third kappa shape index (κ3) is 5.46. The molecule has 2 aromatic carbocycles. The lowest BCUT2D eigenvalue weighted by Crippen LogP contribution is -2.36. The molecule has 31 heavy (non-hydrogen) atoms. The largest absolute Gasteiger partial charge is 0.378 e. The minimum absolute atomic E-state index is 0.150.